The van der Waals surface area contributed by atoms with Crippen LogP contribution in [0.3, 0.4) is 0 Å². The molecule has 0 radical (unpaired) electrons. The molecule has 5 nitrogen and oxygen atoms in total. The Morgan fingerprint density at radius 3 is 2.67 bits per heavy atom. The number of nitrogens with zero attached hydrogens (tertiary/aromatic N) is 4. The van der Waals surface area contributed by atoms with Crippen molar-refractivity contribution in [3.63, 3.8) is 0 Å². The first-order chi connectivity index (χ1) is 13.0. The molecule has 0 amide bonds. The smallest absolute Gasteiger partial charge is 0.192 e. The van der Waals surface area contributed by atoms with Gasteiger partial charge in [0.2, 0.25) is 0 Å². The Morgan fingerprint density at radius 1 is 1.22 bits per heavy atom. The maximum Gasteiger partial charge on any atom is 0.192 e. The van der Waals surface area contributed by atoms with Gasteiger partial charge in [0.1, 0.15) is 0 Å². The zero-order chi connectivity index (χ0) is 19.4. The third kappa shape index (κ3) is 4.17. The van der Waals surface area contributed by atoms with Crippen molar-refractivity contribution in [1.29, 1.82) is 0 Å². The number of Topliss-reactive ketones (excluding diaryl/α,β-unsaturated/α-hetero) is 1. The van der Waals surface area contributed by atoms with Gasteiger partial charge in [0.15, 0.2) is 16.8 Å². The van der Waals surface area contributed by atoms with Gasteiger partial charge in [-0.25, -0.2) is 0 Å². The van der Waals surface area contributed by atoms with Crippen LogP contribution in [0, 0.1) is 13.8 Å². The number of ketones is 1. The zero-order valence-electron chi connectivity index (χ0n) is 15.7. The lowest BCUT2D eigenvalue weighted by molar-refractivity contribution is 0.0993. The van der Waals surface area contributed by atoms with Crippen LogP contribution in [0.25, 0.3) is 11.4 Å². The molecule has 3 rings (SSSR count). The van der Waals surface area contributed by atoms with Gasteiger partial charge < -0.3 is 0 Å². The molecule has 1 unspecified atom stereocenters. The minimum Gasteiger partial charge on any atom is -0.298 e. The largest absolute Gasteiger partial charge is 0.298 e. The topological polar surface area (TPSA) is 60.7 Å². The molecule has 138 valence electrons. The molecular weight excluding hydrogens is 356 g/mol. The van der Waals surface area contributed by atoms with Crippen molar-refractivity contribution in [2.45, 2.75) is 37.7 Å². The van der Waals surface area contributed by atoms with E-state index in [1.807, 2.05) is 55.7 Å². The molecule has 2 heterocycles. The fourth-order valence-electron chi connectivity index (χ4n) is 2.82. The Kier molecular flexibility index (Phi) is 5.86. The predicted molar refractivity (Wildman–Crippen MR) is 109 cm³/mol. The van der Waals surface area contributed by atoms with Crippen LogP contribution < -0.4 is 0 Å². The highest BCUT2D eigenvalue weighted by Crippen LogP contribution is 2.29. The van der Waals surface area contributed by atoms with Gasteiger partial charge in [0.05, 0.1) is 5.25 Å². The van der Waals surface area contributed by atoms with E-state index in [1.165, 1.54) is 11.8 Å². The first-order valence-electron chi connectivity index (χ1n) is 8.74. The van der Waals surface area contributed by atoms with Crippen molar-refractivity contribution in [2.24, 2.45) is 0 Å². The van der Waals surface area contributed by atoms with E-state index < -0.39 is 0 Å². The van der Waals surface area contributed by atoms with Gasteiger partial charge in [-0.3, -0.25) is 14.3 Å². The van der Waals surface area contributed by atoms with Crippen molar-refractivity contribution >= 4 is 17.5 Å². The summed E-state index contributed by atoms with van der Waals surface area (Å²) in [6, 6.07) is 9.74. The maximum atomic E-state index is 13.0. The van der Waals surface area contributed by atoms with Crippen LogP contribution in [-0.2, 0) is 6.54 Å². The van der Waals surface area contributed by atoms with Crippen LogP contribution in [0.2, 0.25) is 0 Å². The predicted octanol–water partition coefficient (Wildman–Crippen LogP) is 4.51. The van der Waals surface area contributed by atoms with Gasteiger partial charge in [0, 0.05) is 30.1 Å². The highest BCUT2D eigenvalue weighted by Gasteiger charge is 2.22. The fraction of sp³-hybridized carbons (Fsp3) is 0.238. The summed E-state index contributed by atoms with van der Waals surface area (Å²) in [6.07, 6.45) is 5.25. The summed E-state index contributed by atoms with van der Waals surface area (Å²) < 4.78 is 1.97. The lowest BCUT2D eigenvalue weighted by Crippen LogP contribution is -2.16. The molecule has 0 N–H and O–H groups in total. The molecule has 0 saturated carbocycles. The molecule has 0 aliphatic rings. The van der Waals surface area contributed by atoms with Gasteiger partial charge in [-0.05, 0) is 44.5 Å². The van der Waals surface area contributed by atoms with E-state index in [4.69, 9.17) is 0 Å². The summed E-state index contributed by atoms with van der Waals surface area (Å²) in [6.45, 7) is 10.3. The molecular formula is C21H22N4OS. The Labute approximate surface area is 163 Å². The lowest BCUT2D eigenvalue weighted by atomic mass is 10.0. The second-order valence-electron chi connectivity index (χ2n) is 6.38. The first-order valence-corrected chi connectivity index (χ1v) is 9.62. The van der Waals surface area contributed by atoms with E-state index in [9.17, 15) is 4.79 Å². The lowest BCUT2D eigenvalue weighted by Gasteiger charge is -2.13. The number of hydrogen-bond donors (Lipinski definition) is 0. The number of carbonyl (C=O) groups excluding carboxylic acids is 1. The number of rotatable bonds is 7. The molecule has 0 saturated heterocycles. The number of pyridine rings is 1. The number of carbonyl (C=O) groups is 1. The average Bonchev–Trinajstić information content (AvgIpc) is 3.06. The van der Waals surface area contributed by atoms with Gasteiger partial charge in [-0.1, -0.05) is 35.5 Å². The van der Waals surface area contributed by atoms with Crippen LogP contribution in [0.15, 0.2) is 60.5 Å². The molecule has 0 aliphatic carbocycles. The van der Waals surface area contributed by atoms with Gasteiger partial charge in [-0.2, -0.15) is 0 Å². The van der Waals surface area contributed by atoms with E-state index in [0.717, 1.165) is 28.1 Å². The van der Waals surface area contributed by atoms with Gasteiger partial charge in [0.25, 0.3) is 0 Å². The molecule has 0 spiro atoms. The number of thioether (sulfide) groups is 1. The molecule has 6 heteroatoms. The Hall–Kier alpha value is -2.73. The minimum atomic E-state index is -0.274. The quantitative estimate of drug-likeness (QED) is 0.344. The monoisotopic (exact) mass is 378 g/mol. The van der Waals surface area contributed by atoms with Crippen molar-refractivity contribution < 1.29 is 4.79 Å². The summed E-state index contributed by atoms with van der Waals surface area (Å²) in [5.41, 5.74) is 3.76. The van der Waals surface area contributed by atoms with E-state index in [-0.39, 0.29) is 11.0 Å². The Morgan fingerprint density at radius 2 is 1.96 bits per heavy atom. The van der Waals surface area contributed by atoms with Crippen molar-refractivity contribution in [3.05, 3.63) is 72.1 Å². The van der Waals surface area contributed by atoms with Crippen LogP contribution in [0.5, 0.6) is 0 Å². The SMILES string of the molecule is C=CCn1c(SC(C)C(=O)c2cc(C)ccc2C)nnc1-c1ccncc1. The first kappa shape index (κ1) is 19.0. The van der Waals surface area contributed by atoms with Crippen LogP contribution >= 0.6 is 11.8 Å². The molecule has 3 aromatic rings. The molecule has 27 heavy (non-hydrogen) atoms. The summed E-state index contributed by atoms with van der Waals surface area (Å²) >= 11 is 1.42. The maximum absolute atomic E-state index is 13.0. The van der Waals surface area contributed by atoms with Crippen molar-refractivity contribution in [1.82, 2.24) is 19.7 Å². The van der Waals surface area contributed by atoms with Crippen molar-refractivity contribution in [3.8, 4) is 11.4 Å². The van der Waals surface area contributed by atoms with E-state index in [0.29, 0.717) is 11.7 Å². The fourth-order valence-corrected chi connectivity index (χ4v) is 3.74. The number of hydrogen-bond acceptors (Lipinski definition) is 5. The Bertz CT molecular complexity index is 966. The standard InChI is InChI=1S/C21H22N4OS/c1-5-12-25-20(17-8-10-22-11-9-17)23-24-21(25)27-16(4)19(26)18-13-14(2)6-7-15(18)3/h5-11,13,16H,1,12H2,2-4H3. The summed E-state index contributed by atoms with van der Waals surface area (Å²) in [4.78, 5) is 17.0. The van der Waals surface area contributed by atoms with Gasteiger partial charge in [-0.15, -0.1) is 16.8 Å². The second kappa shape index (κ2) is 8.31. The summed E-state index contributed by atoms with van der Waals surface area (Å²) in [5.74, 6) is 0.839. The van der Waals surface area contributed by atoms with E-state index >= 15 is 0 Å². The Balaban J connectivity index is 1.88. The highest BCUT2D eigenvalue weighted by atomic mass is 32.2. The molecule has 1 atom stereocenters. The number of aryl methyl sites for hydroxylation is 2. The number of allylic oxidation sites excluding steroid dienone is 1. The molecule has 0 bridgehead atoms. The highest BCUT2D eigenvalue weighted by molar-refractivity contribution is 8.00. The minimum absolute atomic E-state index is 0.0971. The molecule has 1 aromatic carbocycles. The van der Waals surface area contributed by atoms with E-state index in [1.54, 1.807) is 18.5 Å². The number of aromatic nitrogens is 4. The van der Waals surface area contributed by atoms with Crippen LogP contribution in [0.1, 0.15) is 28.4 Å². The van der Waals surface area contributed by atoms with Gasteiger partial charge >= 0.3 is 0 Å². The average molecular weight is 379 g/mol. The molecule has 2 aromatic heterocycles. The third-order valence-corrected chi connectivity index (χ3v) is 5.36. The molecule has 0 fully saturated rings. The second-order valence-corrected chi connectivity index (χ2v) is 7.69. The molecule has 0 aliphatic heterocycles. The van der Waals surface area contributed by atoms with Crippen molar-refractivity contribution in [2.75, 3.05) is 0 Å². The van der Waals surface area contributed by atoms with Crippen LogP contribution in [-0.4, -0.2) is 30.8 Å². The number of benzene rings is 1. The zero-order valence-corrected chi connectivity index (χ0v) is 16.5. The van der Waals surface area contributed by atoms with Crippen LogP contribution in [0.4, 0.5) is 0 Å². The summed E-state index contributed by atoms with van der Waals surface area (Å²) in [7, 11) is 0. The van der Waals surface area contributed by atoms with E-state index in [2.05, 4.69) is 21.8 Å². The summed E-state index contributed by atoms with van der Waals surface area (Å²) in [5, 5.41) is 9.08. The third-order valence-electron chi connectivity index (χ3n) is 4.28. The normalized spacial score (nSPS) is 12.0.